The Hall–Kier alpha value is -1.57. The van der Waals surface area contributed by atoms with Crippen LogP contribution < -0.4 is 4.74 Å². The zero-order valence-electron chi connectivity index (χ0n) is 9.95. The van der Waals surface area contributed by atoms with Gasteiger partial charge in [0.1, 0.15) is 17.8 Å². The van der Waals surface area contributed by atoms with E-state index in [0.717, 1.165) is 15.7 Å². The second-order valence-electron chi connectivity index (χ2n) is 3.93. The Labute approximate surface area is 126 Å². The molecule has 0 bridgehead atoms. The number of ether oxygens (including phenoxy) is 1. The number of alkyl halides is 3. The van der Waals surface area contributed by atoms with Crippen LogP contribution in [0.4, 0.5) is 13.2 Å². The molecule has 104 valence electrons. The number of carbonyl (C=O) groups is 1. The van der Waals surface area contributed by atoms with Gasteiger partial charge in [-0.2, -0.15) is 13.2 Å². The Bertz CT molecular complexity index is 639. The van der Waals surface area contributed by atoms with Crippen LogP contribution in [0, 0.1) is 3.57 Å². The second kappa shape index (κ2) is 5.82. The number of aldehydes is 1. The third kappa shape index (κ3) is 3.50. The standard InChI is InChI=1S/C14H8F3IO2/c15-14(16,17)12-6-9(8-19)4-5-13(12)20-11-3-1-2-10(18)7-11/h1-8H. The molecule has 0 N–H and O–H groups in total. The van der Waals surface area contributed by atoms with E-state index in [2.05, 4.69) is 0 Å². The third-order valence-electron chi connectivity index (χ3n) is 2.47. The summed E-state index contributed by atoms with van der Waals surface area (Å²) in [5, 5.41) is 0. The van der Waals surface area contributed by atoms with Gasteiger partial charge in [0, 0.05) is 9.13 Å². The summed E-state index contributed by atoms with van der Waals surface area (Å²) in [5.41, 5.74) is -1.02. The van der Waals surface area contributed by atoms with Gasteiger partial charge < -0.3 is 4.74 Å². The molecular weight excluding hydrogens is 384 g/mol. The highest BCUT2D eigenvalue weighted by atomic mass is 127. The van der Waals surface area contributed by atoms with E-state index < -0.39 is 11.7 Å². The molecule has 2 aromatic rings. The molecule has 2 nitrogen and oxygen atoms in total. The van der Waals surface area contributed by atoms with Crippen molar-refractivity contribution in [3.63, 3.8) is 0 Å². The van der Waals surface area contributed by atoms with Crippen LogP contribution in [0.1, 0.15) is 15.9 Å². The summed E-state index contributed by atoms with van der Waals surface area (Å²) < 4.78 is 45.0. The van der Waals surface area contributed by atoms with Crippen LogP contribution >= 0.6 is 22.6 Å². The van der Waals surface area contributed by atoms with Crippen LogP contribution in [-0.4, -0.2) is 6.29 Å². The first-order valence-corrected chi connectivity index (χ1v) is 6.58. The number of rotatable bonds is 3. The summed E-state index contributed by atoms with van der Waals surface area (Å²) in [5.74, 6) is -0.0219. The molecule has 0 heterocycles. The molecule has 0 fully saturated rings. The van der Waals surface area contributed by atoms with E-state index in [1.807, 2.05) is 22.6 Å². The first kappa shape index (κ1) is 14.8. The van der Waals surface area contributed by atoms with Gasteiger partial charge in [-0.05, 0) is 59.0 Å². The van der Waals surface area contributed by atoms with Crippen LogP contribution in [0.2, 0.25) is 0 Å². The fraction of sp³-hybridized carbons (Fsp3) is 0.0714. The average molecular weight is 392 g/mol. The highest BCUT2D eigenvalue weighted by molar-refractivity contribution is 14.1. The lowest BCUT2D eigenvalue weighted by Crippen LogP contribution is -2.08. The average Bonchev–Trinajstić information content (AvgIpc) is 2.38. The van der Waals surface area contributed by atoms with Crippen molar-refractivity contribution in [2.24, 2.45) is 0 Å². The number of halogens is 4. The van der Waals surface area contributed by atoms with Crippen molar-refractivity contribution < 1.29 is 22.7 Å². The van der Waals surface area contributed by atoms with E-state index >= 15 is 0 Å². The van der Waals surface area contributed by atoms with Crippen LogP contribution in [0.3, 0.4) is 0 Å². The Kier molecular flexibility index (Phi) is 4.32. The number of benzene rings is 2. The van der Waals surface area contributed by atoms with Crippen LogP contribution in [-0.2, 0) is 6.18 Å². The topological polar surface area (TPSA) is 26.3 Å². The molecule has 0 saturated carbocycles. The minimum atomic E-state index is -4.59. The Morgan fingerprint density at radius 1 is 1.10 bits per heavy atom. The first-order chi connectivity index (χ1) is 9.40. The molecule has 2 aromatic carbocycles. The molecular formula is C14H8F3IO2. The van der Waals surface area contributed by atoms with Crippen molar-refractivity contribution in [2.75, 3.05) is 0 Å². The van der Waals surface area contributed by atoms with Crippen molar-refractivity contribution in [2.45, 2.75) is 6.18 Å². The summed E-state index contributed by atoms with van der Waals surface area (Å²) >= 11 is 2.04. The van der Waals surface area contributed by atoms with Gasteiger partial charge in [0.25, 0.3) is 0 Å². The highest BCUT2D eigenvalue weighted by Crippen LogP contribution is 2.38. The van der Waals surface area contributed by atoms with Gasteiger partial charge in [-0.25, -0.2) is 0 Å². The van der Waals surface area contributed by atoms with Crippen LogP contribution in [0.25, 0.3) is 0 Å². The van der Waals surface area contributed by atoms with Gasteiger partial charge in [-0.1, -0.05) is 6.07 Å². The molecule has 6 heteroatoms. The largest absolute Gasteiger partial charge is 0.457 e. The lowest BCUT2D eigenvalue weighted by Gasteiger charge is -2.14. The summed E-state index contributed by atoms with van der Waals surface area (Å²) in [4.78, 5) is 10.6. The summed E-state index contributed by atoms with van der Waals surface area (Å²) in [7, 11) is 0. The minimum Gasteiger partial charge on any atom is -0.457 e. The van der Waals surface area contributed by atoms with Gasteiger partial charge in [-0.3, -0.25) is 4.79 Å². The predicted molar refractivity (Wildman–Crippen MR) is 76.1 cm³/mol. The van der Waals surface area contributed by atoms with Crippen LogP contribution in [0.5, 0.6) is 11.5 Å². The first-order valence-electron chi connectivity index (χ1n) is 5.50. The van der Waals surface area contributed by atoms with E-state index in [1.54, 1.807) is 24.3 Å². The Balaban J connectivity index is 2.43. The van der Waals surface area contributed by atoms with E-state index in [-0.39, 0.29) is 11.3 Å². The smallest absolute Gasteiger partial charge is 0.420 e. The fourth-order valence-electron chi connectivity index (χ4n) is 1.59. The van der Waals surface area contributed by atoms with E-state index in [9.17, 15) is 18.0 Å². The monoisotopic (exact) mass is 392 g/mol. The van der Waals surface area contributed by atoms with Gasteiger partial charge in [0.05, 0.1) is 5.56 Å². The number of hydrogen-bond donors (Lipinski definition) is 0. The van der Waals surface area contributed by atoms with Gasteiger partial charge >= 0.3 is 6.18 Å². The number of hydrogen-bond acceptors (Lipinski definition) is 2. The van der Waals surface area contributed by atoms with Gasteiger partial charge in [0.15, 0.2) is 0 Å². The molecule has 0 aliphatic heterocycles. The summed E-state index contributed by atoms with van der Waals surface area (Å²) in [6, 6.07) is 9.87. The molecule has 0 saturated heterocycles. The molecule has 20 heavy (non-hydrogen) atoms. The molecule has 0 atom stereocenters. The molecule has 0 unspecified atom stereocenters. The van der Waals surface area contributed by atoms with Crippen molar-refractivity contribution in [1.29, 1.82) is 0 Å². The molecule has 0 aliphatic rings. The molecule has 0 aliphatic carbocycles. The normalized spacial score (nSPS) is 11.2. The maximum Gasteiger partial charge on any atom is 0.420 e. The quantitative estimate of drug-likeness (QED) is 0.548. The highest BCUT2D eigenvalue weighted by Gasteiger charge is 2.34. The molecule has 0 aromatic heterocycles. The van der Waals surface area contributed by atoms with E-state index in [4.69, 9.17) is 4.74 Å². The van der Waals surface area contributed by atoms with E-state index in [0.29, 0.717) is 12.0 Å². The predicted octanol–water partition coefficient (Wildman–Crippen LogP) is 4.91. The molecule has 0 spiro atoms. The van der Waals surface area contributed by atoms with Crippen molar-refractivity contribution >= 4 is 28.9 Å². The molecule has 0 amide bonds. The lowest BCUT2D eigenvalue weighted by atomic mass is 10.1. The number of carbonyl (C=O) groups excluding carboxylic acids is 1. The minimum absolute atomic E-state index is 0.0488. The maximum atomic E-state index is 12.9. The van der Waals surface area contributed by atoms with Crippen LogP contribution in [0.15, 0.2) is 42.5 Å². The zero-order valence-corrected chi connectivity index (χ0v) is 12.1. The van der Waals surface area contributed by atoms with Gasteiger partial charge in [-0.15, -0.1) is 0 Å². The Morgan fingerprint density at radius 3 is 2.45 bits per heavy atom. The third-order valence-corrected chi connectivity index (χ3v) is 3.14. The molecule has 2 rings (SSSR count). The molecule has 0 radical (unpaired) electrons. The van der Waals surface area contributed by atoms with Crippen molar-refractivity contribution in [3.8, 4) is 11.5 Å². The maximum absolute atomic E-state index is 12.9. The SMILES string of the molecule is O=Cc1ccc(Oc2cccc(I)c2)c(C(F)(F)F)c1. The van der Waals surface area contributed by atoms with Gasteiger partial charge in [0.2, 0.25) is 0 Å². The van der Waals surface area contributed by atoms with Crippen molar-refractivity contribution in [3.05, 3.63) is 57.2 Å². The lowest BCUT2D eigenvalue weighted by molar-refractivity contribution is -0.138. The second-order valence-corrected chi connectivity index (χ2v) is 5.18. The summed E-state index contributed by atoms with van der Waals surface area (Å²) in [6.07, 6.45) is -4.22. The van der Waals surface area contributed by atoms with E-state index in [1.165, 1.54) is 6.07 Å². The fourth-order valence-corrected chi connectivity index (χ4v) is 2.10. The van der Waals surface area contributed by atoms with Crippen molar-refractivity contribution in [1.82, 2.24) is 0 Å². The zero-order chi connectivity index (χ0) is 14.8. The Morgan fingerprint density at radius 2 is 1.85 bits per heavy atom. The summed E-state index contributed by atoms with van der Waals surface area (Å²) in [6.45, 7) is 0.